The van der Waals surface area contributed by atoms with E-state index in [0.717, 1.165) is 0 Å². The van der Waals surface area contributed by atoms with Gasteiger partial charge >= 0.3 is 5.97 Å². The van der Waals surface area contributed by atoms with Gasteiger partial charge in [-0.25, -0.2) is 4.79 Å². The van der Waals surface area contributed by atoms with E-state index in [1.54, 1.807) is 23.8 Å². The molecule has 0 aromatic carbocycles. The minimum Gasteiger partial charge on any atom is -0.318 e. The highest BCUT2D eigenvalue weighted by molar-refractivity contribution is 7.12. The zero-order valence-electron chi connectivity index (χ0n) is 6.81. The predicted molar refractivity (Wildman–Crippen MR) is 48.3 cm³/mol. The SMILES string of the molecule is CC(=O)ON=C([C]=O)c1cccs1. The maximum atomic E-state index is 10.4. The molecule has 1 aromatic rings. The van der Waals surface area contributed by atoms with Crippen molar-refractivity contribution in [3.05, 3.63) is 22.4 Å². The fraction of sp³-hybridized carbons (Fsp3) is 0.125. The van der Waals surface area contributed by atoms with Crippen molar-refractivity contribution in [3.63, 3.8) is 0 Å². The highest BCUT2D eigenvalue weighted by Gasteiger charge is 2.05. The second-order valence-electron chi connectivity index (χ2n) is 2.10. The molecular formula is C8H6NO3S. The Labute approximate surface area is 78.8 Å². The van der Waals surface area contributed by atoms with Gasteiger partial charge in [0.2, 0.25) is 0 Å². The summed E-state index contributed by atoms with van der Waals surface area (Å²) in [5.41, 5.74) is 0.00481. The first kappa shape index (κ1) is 9.60. The molecule has 0 spiro atoms. The number of carbonyl (C=O) groups excluding carboxylic acids is 2. The molecular weight excluding hydrogens is 190 g/mol. The fourth-order valence-electron chi connectivity index (χ4n) is 0.637. The van der Waals surface area contributed by atoms with Crippen molar-refractivity contribution < 1.29 is 14.4 Å². The molecule has 1 radical (unpaired) electrons. The third-order valence-electron chi connectivity index (χ3n) is 1.12. The van der Waals surface area contributed by atoms with Crippen molar-refractivity contribution in [2.75, 3.05) is 0 Å². The van der Waals surface area contributed by atoms with Gasteiger partial charge in [-0.2, -0.15) is 0 Å². The molecule has 0 saturated carbocycles. The van der Waals surface area contributed by atoms with Crippen molar-refractivity contribution >= 4 is 29.3 Å². The van der Waals surface area contributed by atoms with E-state index < -0.39 is 5.97 Å². The summed E-state index contributed by atoms with van der Waals surface area (Å²) in [5.74, 6) is -0.565. The van der Waals surface area contributed by atoms with Gasteiger partial charge in [0.1, 0.15) is 0 Å². The van der Waals surface area contributed by atoms with Crippen LogP contribution in [0, 0.1) is 0 Å². The average molecular weight is 196 g/mol. The van der Waals surface area contributed by atoms with Gasteiger partial charge in [-0.3, -0.25) is 4.79 Å². The standard InChI is InChI=1S/C8H6NO3S/c1-6(11)12-9-7(5-10)8-3-2-4-13-8/h2-4H,1H3. The van der Waals surface area contributed by atoms with E-state index in [2.05, 4.69) is 9.99 Å². The molecule has 0 aliphatic carbocycles. The Hall–Kier alpha value is -1.49. The monoisotopic (exact) mass is 196 g/mol. The molecule has 0 aliphatic rings. The van der Waals surface area contributed by atoms with Crippen LogP contribution in [0.2, 0.25) is 0 Å². The molecule has 5 heteroatoms. The zero-order chi connectivity index (χ0) is 9.68. The molecule has 0 fully saturated rings. The molecule has 67 valence electrons. The quantitative estimate of drug-likeness (QED) is 0.413. The normalized spacial score (nSPS) is 11.0. The van der Waals surface area contributed by atoms with Crippen LogP contribution in [0.5, 0.6) is 0 Å². The van der Waals surface area contributed by atoms with Gasteiger partial charge in [0, 0.05) is 6.92 Å². The zero-order valence-corrected chi connectivity index (χ0v) is 7.63. The third kappa shape index (κ3) is 2.79. The molecule has 0 N–H and O–H groups in total. The summed E-state index contributed by atoms with van der Waals surface area (Å²) in [5, 5.41) is 5.13. The molecule has 0 amide bonds. The lowest BCUT2D eigenvalue weighted by Crippen LogP contribution is -2.02. The maximum Gasteiger partial charge on any atom is 0.332 e. The molecule has 0 aliphatic heterocycles. The maximum absolute atomic E-state index is 10.4. The second kappa shape index (κ2) is 4.51. The Balaban J connectivity index is 2.79. The first-order valence-electron chi connectivity index (χ1n) is 3.41. The lowest BCUT2D eigenvalue weighted by molar-refractivity contribution is -0.140. The van der Waals surface area contributed by atoms with Crippen LogP contribution in [0.1, 0.15) is 11.8 Å². The summed E-state index contributed by atoms with van der Waals surface area (Å²) >= 11 is 1.32. The van der Waals surface area contributed by atoms with Crippen LogP contribution in [0.15, 0.2) is 22.7 Å². The predicted octanol–water partition coefficient (Wildman–Crippen LogP) is 1.13. The van der Waals surface area contributed by atoms with Gasteiger partial charge in [0.15, 0.2) is 5.71 Å². The molecule has 0 atom stereocenters. The summed E-state index contributed by atoms with van der Waals surface area (Å²) in [6.07, 6.45) is 1.59. The van der Waals surface area contributed by atoms with E-state index in [9.17, 15) is 9.59 Å². The summed E-state index contributed by atoms with van der Waals surface area (Å²) in [6, 6.07) is 3.46. The number of carbonyl (C=O) groups is 1. The van der Waals surface area contributed by atoms with Gasteiger partial charge < -0.3 is 4.84 Å². The van der Waals surface area contributed by atoms with Crippen LogP contribution in [0.3, 0.4) is 0 Å². The second-order valence-corrected chi connectivity index (χ2v) is 3.05. The van der Waals surface area contributed by atoms with Crippen LogP contribution in [-0.4, -0.2) is 18.0 Å². The van der Waals surface area contributed by atoms with Crippen LogP contribution < -0.4 is 0 Å². The van der Waals surface area contributed by atoms with E-state index in [4.69, 9.17) is 0 Å². The van der Waals surface area contributed by atoms with E-state index in [1.807, 2.05) is 0 Å². The Morgan fingerprint density at radius 3 is 2.92 bits per heavy atom. The summed E-state index contributed by atoms with van der Waals surface area (Å²) in [7, 11) is 0. The van der Waals surface area contributed by atoms with Crippen LogP contribution >= 0.6 is 11.3 Å². The van der Waals surface area contributed by atoms with Gasteiger partial charge in [0.05, 0.1) is 4.88 Å². The lowest BCUT2D eigenvalue weighted by atomic mass is 10.3. The number of hydrogen-bond acceptors (Lipinski definition) is 5. The Kier molecular flexibility index (Phi) is 3.33. The Bertz CT molecular complexity index is 329. The molecule has 4 nitrogen and oxygen atoms in total. The number of nitrogens with zero attached hydrogens (tertiary/aromatic N) is 1. The summed E-state index contributed by atoms with van der Waals surface area (Å²) in [6.45, 7) is 1.21. The molecule has 0 unspecified atom stereocenters. The molecule has 1 heterocycles. The number of oxime groups is 1. The molecule has 1 aromatic heterocycles. The summed E-state index contributed by atoms with van der Waals surface area (Å²) in [4.78, 5) is 25.7. The van der Waals surface area contributed by atoms with E-state index >= 15 is 0 Å². The molecule has 13 heavy (non-hydrogen) atoms. The third-order valence-corrected chi connectivity index (χ3v) is 1.99. The van der Waals surface area contributed by atoms with Crippen LogP contribution in [0.4, 0.5) is 0 Å². The number of thiophene rings is 1. The highest BCUT2D eigenvalue weighted by Crippen LogP contribution is 2.09. The van der Waals surface area contributed by atoms with Gasteiger partial charge in [-0.1, -0.05) is 11.2 Å². The Morgan fingerprint density at radius 1 is 1.69 bits per heavy atom. The van der Waals surface area contributed by atoms with Gasteiger partial charge in [-0.05, 0) is 11.4 Å². The fourth-order valence-corrected chi connectivity index (χ4v) is 1.29. The summed E-state index contributed by atoms with van der Waals surface area (Å²) < 4.78 is 0. The number of rotatable bonds is 3. The minimum absolute atomic E-state index is 0.00481. The Morgan fingerprint density at radius 2 is 2.46 bits per heavy atom. The van der Waals surface area contributed by atoms with E-state index in [0.29, 0.717) is 4.88 Å². The van der Waals surface area contributed by atoms with Crippen LogP contribution in [-0.2, 0) is 14.4 Å². The van der Waals surface area contributed by atoms with Crippen molar-refractivity contribution in [1.82, 2.24) is 0 Å². The molecule has 0 bridgehead atoms. The first-order valence-corrected chi connectivity index (χ1v) is 4.29. The average Bonchev–Trinajstić information content (AvgIpc) is 2.58. The molecule has 0 saturated heterocycles. The topological polar surface area (TPSA) is 55.7 Å². The largest absolute Gasteiger partial charge is 0.332 e. The minimum atomic E-state index is -0.565. The van der Waals surface area contributed by atoms with Crippen molar-refractivity contribution in [1.29, 1.82) is 0 Å². The van der Waals surface area contributed by atoms with Crippen molar-refractivity contribution in [2.45, 2.75) is 6.92 Å². The lowest BCUT2D eigenvalue weighted by Gasteiger charge is -1.92. The van der Waals surface area contributed by atoms with Gasteiger partial charge in [0.25, 0.3) is 6.29 Å². The van der Waals surface area contributed by atoms with E-state index in [-0.39, 0.29) is 5.71 Å². The highest BCUT2D eigenvalue weighted by atomic mass is 32.1. The van der Waals surface area contributed by atoms with Gasteiger partial charge in [-0.15, -0.1) is 11.3 Å². The smallest absolute Gasteiger partial charge is 0.318 e. The van der Waals surface area contributed by atoms with E-state index in [1.165, 1.54) is 18.3 Å². The van der Waals surface area contributed by atoms with Crippen LogP contribution in [0.25, 0.3) is 0 Å². The van der Waals surface area contributed by atoms with Crippen molar-refractivity contribution in [3.8, 4) is 0 Å². The molecule has 1 rings (SSSR count). The van der Waals surface area contributed by atoms with Crippen molar-refractivity contribution in [2.24, 2.45) is 5.16 Å². The number of hydrogen-bond donors (Lipinski definition) is 0. The first-order chi connectivity index (χ1) is 6.24.